The van der Waals surface area contributed by atoms with Crippen LogP contribution < -0.4 is 0 Å². The maximum absolute atomic E-state index is 7.91. The number of aliphatic hydroxyl groups is 3. The summed E-state index contributed by atoms with van der Waals surface area (Å²) in [5.41, 5.74) is 0. The summed E-state index contributed by atoms with van der Waals surface area (Å²) in [5, 5.41) is 23.7. The summed E-state index contributed by atoms with van der Waals surface area (Å²) in [7, 11) is 0. The molecule has 0 rings (SSSR count). The molecule has 0 fully saturated rings. The lowest BCUT2D eigenvalue weighted by molar-refractivity contribution is 0.342. The van der Waals surface area contributed by atoms with Crippen LogP contribution in [-0.4, -0.2) is 35.1 Å². The summed E-state index contributed by atoms with van der Waals surface area (Å²) in [6, 6.07) is 0. The van der Waals surface area contributed by atoms with Gasteiger partial charge in [-0.15, -0.1) is 5.92 Å². The molecular formula is C8H12O3. The van der Waals surface area contributed by atoms with Gasteiger partial charge in [-0.2, -0.15) is 0 Å². The SMILES string of the molecule is CC#CCO.OCC#CCO. The minimum absolute atomic E-state index is 0.0174. The van der Waals surface area contributed by atoms with Crippen molar-refractivity contribution in [1.82, 2.24) is 0 Å². The molecule has 0 aliphatic heterocycles. The molecule has 3 N–H and O–H groups in total. The molecule has 0 saturated heterocycles. The summed E-state index contributed by atoms with van der Waals surface area (Å²) in [6.45, 7) is 1.34. The normalized spacial score (nSPS) is 5.82. The second-order valence-electron chi connectivity index (χ2n) is 1.25. The van der Waals surface area contributed by atoms with E-state index in [9.17, 15) is 0 Å². The molecule has 0 atom stereocenters. The highest BCUT2D eigenvalue weighted by atomic mass is 16.3. The first-order valence-corrected chi connectivity index (χ1v) is 3.01. The van der Waals surface area contributed by atoms with Gasteiger partial charge in [0.1, 0.15) is 19.8 Å². The summed E-state index contributed by atoms with van der Waals surface area (Å²) < 4.78 is 0. The van der Waals surface area contributed by atoms with Crippen LogP contribution in [0.4, 0.5) is 0 Å². The van der Waals surface area contributed by atoms with Crippen molar-refractivity contribution < 1.29 is 15.3 Å². The predicted octanol–water partition coefficient (Wildman–Crippen LogP) is -1.02. The molecule has 0 aromatic heterocycles. The van der Waals surface area contributed by atoms with Crippen molar-refractivity contribution in [3.8, 4) is 23.7 Å². The summed E-state index contributed by atoms with van der Waals surface area (Å²) >= 11 is 0. The van der Waals surface area contributed by atoms with E-state index in [0.29, 0.717) is 0 Å². The van der Waals surface area contributed by atoms with Gasteiger partial charge in [0.25, 0.3) is 0 Å². The molecule has 11 heavy (non-hydrogen) atoms. The van der Waals surface area contributed by atoms with E-state index in [-0.39, 0.29) is 19.8 Å². The van der Waals surface area contributed by atoms with E-state index >= 15 is 0 Å². The second-order valence-corrected chi connectivity index (χ2v) is 1.25. The van der Waals surface area contributed by atoms with Gasteiger partial charge in [0.05, 0.1) is 0 Å². The van der Waals surface area contributed by atoms with Gasteiger partial charge in [0.2, 0.25) is 0 Å². The van der Waals surface area contributed by atoms with Crippen LogP contribution in [0.15, 0.2) is 0 Å². The molecule has 0 bridgehead atoms. The van der Waals surface area contributed by atoms with Crippen LogP contribution in [0.1, 0.15) is 6.92 Å². The van der Waals surface area contributed by atoms with E-state index in [1.165, 1.54) is 0 Å². The van der Waals surface area contributed by atoms with Crippen molar-refractivity contribution in [2.75, 3.05) is 19.8 Å². The lowest BCUT2D eigenvalue weighted by atomic mass is 10.6. The van der Waals surface area contributed by atoms with Gasteiger partial charge in [-0.05, 0) is 6.92 Å². The molecule has 0 saturated carbocycles. The Morgan fingerprint density at radius 1 is 0.818 bits per heavy atom. The monoisotopic (exact) mass is 156 g/mol. The molecule has 3 nitrogen and oxygen atoms in total. The molecule has 0 aromatic rings. The molecule has 0 amide bonds. The summed E-state index contributed by atoms with van der Waals surface area (Å²) in [5.74, 6) is 9.44. The molecule has 0 aliphatic rings. The van der Waals surface area contributed by atoms with Crippen LogP contribution >= 0.6 is 0 Å². The number of hydrogen-bond acceptors (Lipinski definition) is 3. The Hall–Kier alpha value is -1.00. The van der Waals surface area contributed by atoms with Gasteiger partial charge >= 0.3 is 0 Å². The average molecular weight is 156 g/mol. The molecule has 0 radical (unpaired) electrons. The zero-order valence-corrected chi connectivity index (χ0v) is 6.46. The quantitative estimate of drug-likeness (QED) is 0.393. The largest absolute Gasteiger partial charge is 0.384 e. The first-order valence-electron chi connectivity index (χ1n) is 3.01. The molecule has 0 aliphatic carbocycles. The van der Waals surface area contributed by atoms with Gasteiger partial charge in [0.15, 0.2) is 0 Å². The molecule has 0 unspecified atom stereocenters. The predicted molar refractivity (Wildman–Crippen MR) is 42.5 cm³/mol. The van der Waals surface area contributed by atoms with E-state index < -0.39 is 0 Å². The van der Waals surface area contributed by atoms with E-state index in [2.05, 4.69) is 23.7 Å². The molecule has 62 valence electrons. The minimum atomic E-state index is -0.166. The first-order chi connectivity index (χ1) is 5.33. The van der Waals surface area contributed by atoms with Gasteiger partial charge in [0, 0.05) is 0 Å². The maximum atomic E-state index is 7.91. The van der Waals surface area contributed by atoms with Gasteiger partial charge < -0.3 is 15.3 Å². The fourth-order valence-electron chi connectivity index (χ4n) is 0.191. The third-order valence-corrected chi connectivity index (χ3v) is 0.539. The average Bonchev–Trinajstić information content (AvgIpc) is 2.04. The Kier molecular flexibility index (Phi) is 18.4. The van der Waals surface area contributed by atoms with Crippen molar-refractivity contribution in [3.63, 3.8) is 0 Å². The van der Waals surface area contributed by atoms with Crippen molar-refractivity contribution in [2.45, 2.75) is 6.92 Å². The van der Waals surface area contributed by atoms with Crippen LogP contribution in [0, 0.1) is 23.7 Å². The van der Waals surface area contributed by atoms with Crippen LogP contribution in [0.3, 0.4) is 0 Å². The fraction of sp³-hybridized carbons (Fsp3) is 0.500. The third kappa shape index (κ3) is 27.6. The highest BCUT2D eigenvalue weighted by molar-refractivity contribution is 4.97. The Morgan fingerprint density at radius 2 is 1.18 bits per heavy atom. The first kappa shape index (κ1) is 12.7. The van der Waals surface area contributed by atoms with E-state index in [1.807, 2.05) is 0 Å². The summed E-state index contributed by atoms with van der Waals surface area (Å²) in [6.07, 6.45) is 0. The smallest absolute Gasteiger partial charge is 0.104 e. The minimum Gasteiger partial charge on any atom is -0.384 e. The molecule has 0 aromatic carbocycles. The highest BCUT2D eigenvalue weighted by Gasteiger charge is 1.57. The number of rotatable bonds is 0. The molecule has 3 heteroatoms. The molecule has 0 spiro atoms. The van der Waals surface area contributed by atoms with Crippen molar-refractivity contribution in [2.24, 2.45) is 0 Å². The Balaban J connectivity index is 0. The zero-order chi connectivity index (χ0) is 8.95. The standard InChI is InChI=1S/C4H6O2.C4H6O/c5-3-1-2-4-6;1-2-3-4-5/h5-6H,3-4H2;5H,4H2,1H3. The van der Waals surface area contributed by atoms with Crippen LogP contribution in [0.2, 0.25) is 0 Å². The lowest BCUT2D eigenvalue weighted by Crippen LogP contribution is -1.74. The lowest BCUT2D eigenvalue weighted by Gasteiger charge is -1.66. The fourth-order valence-corrected chi connectivity index (χ4v) is 0.191. The van der Waals surface area contributed by atoms with E-state index in [4.69, 9.17) is 15.3 Å². The van der Waals surface area contributed by atoms with E-state index in [1.54, 1.807) is 6.92 Å². The highest BCUT2D eigenvalue weighted by Crippen LogP contribution is 1.48. The van der Waals surface area contributed by atoms with Gasteiger partial charge in [-0.3, -0.25) is 0 Å². The van der Waals surface area contributed by atoms with Crippen LogP contribution in [0.25, 0.3) is 0 Å². The van der Waals surface area contributed by atoms with Crippen molar-refractivity contribution in [1.29, 1.82) is 0 Å². The second kappa shape index (κ2) is 16.0. The van der Waals surface area contributed by atoms with E-state index in [0.717, 1.165) is 0 Å². The number of aliphatic hydroxyl groups excluding tert-OH is 3. The number of hydrogen-bond donors (Lipinski definition) is 3. The zero-order valence-electron chi connectivity index (χ0n) is 6.46. The van der Waals surface area contributed by atoms with Crippen LogP contribution in [0.5, 0.6) is 0 Å². The van der Waals surface area contributed by atoms with Crippen molar-refractivity contribution in [3.05, 3.63) is 0 Å². The van der Waals surface area contributed by atoms with Gasteiger partial charge in [-0.25, -0.2) is 0 Å². The topological polar surface area (TPSA) is 60.7 Å². The maximum Gasteiger partial charge on any atom is 0.104 e. The third-order valence-electron chi connectivity index (χ3n) is 0.539. The summed E-state index contributed by atoms with van der Waals surface area (Å²) in [4.78, 5) is 0. The Morgan fingerprint density at radius 3 is 1.27 bits per heavy atom. The van der Waals surface area contributed by atoms with Crippen molar-refractivity contribution >= 4 is 0 Å². The Bertz CT molecular complexity index is 157. The molecule has 0 heterocycles. The van der Waals surface area contributed by atoms with Gasteiger partial charge in [-0.1, -0.05) is 17.8 Å². The van der Waals surface area contributed by atoms with Crippen LogP contribution in [-0.2, 0) is 0 Å². The molecular weight excluding hydrogens is 144 g/mol. The Labute approximate surface area is 66.7 Å².